The lowest BCUT2D eigenvalue weighted by Gasteiger charge is -2.16. The summed E-state index contributed by atoms with van der Waals surface area (Å²) in [5, 5.41) is 8.39. The molecule has 1 heterocycles. The predicted molar refractivity (Wildman–Crippen MR) is 60.1 cm³/mol. The van der Waals surface area contributed by atoms with Crippen LogP contribution in [0.5, 0.6) is 0 Å². The molecule has 1 aromatic rings. The maximum atomic E-state index is 7.94. The molecular formula is C11H15ClN2. The number of nitrogens with one attached hydrogen (secondary N) is 1. The monoisotopic (exact) mass is 210 g/mol. The Hall–Kier alpha value is -0.890. The van der Waals surface area contributed by atoms with Crippen LogP contribution in [0.3, 0.4) is 0 Å². The molecule has 14 heavy (non-hydrogen) atoms. The van der Waals surface area contributed by atoms with Crippen LogP contribution in [-0.4, -0.2) is 10.7 Å². The van der Waals surface area contributed by atoms with Gasteiger partial charge in [-0.2, -0.15) is 0 Å². The number of halogens is 1. The summed E-state index contributed by atoms with van der Waals surface area (Å²) >= 11 is 5.77. The number of hydrogen-bond acceptors (Lipinski definition) is 2. The summed E-state index contributed by atoms with van der Waals surface area (Å²) in [6, 6.07) is 5.37. The molecule has 0 aromatic carbocycles. The number of aromatic nitrogens is 1. The number of pyridine rings is 1. The average molecular weight is 211 g/mol. The summed E-state index contributed by atoms with van der Waals surface area (Å²) in [6.45, 7) is 6.24. The van der Waals surface area contributed by atoms with Gasteiger partial charge in [0.1, 0.15) is 5.15 Å². The van der Waals surface area contributed by atoms with Crippen LogP contribution in [0, 0.1) is 17.2 Å². The van der Waals surface area contributed by atoms with Gasteiger partial charge in [-0.05, 0) is 18.1 Å². The Labute approximate surface area is 89.8 Å². The van der Waals surface area contributed by atoms with Crippen molar-refractivity contribution in [2.24, 2.45) is 11.8 Å². The van der Waals surface area contributed by atoms with Gasteiger partial charge >= 0.3 is 0 Å². The lowest BCUT2D eigenvalue weighted by Crippen LogP contribution is -2.18. The molecule has 0 fully saturated rings. The molecule has 1 atom stereocenters. The number of nitrogens with zero attached hydrogens (tertiary/aromatic N) is 1. The van der Waals surface area contributed by atoms with E-state index in [2.05, 4.69) is 18.8 Å². The number of rotatable bonds is 3. The van der Waals surface area contributed by atoms with Crippen LogP contribution in [0.25, 0.3) is 0 Å². The summed E-state index contributed by atoms with van der Waals surface area (Å²) in [5.41, 5.74) is 1.24. The molecule has 0 saturated heterocycles. The Balaban J connectivity index is 2.89. The molecule has 0 bridgehead atoms. The van der Waals surface area contributed by atoms with E-state index in [-0.39, 0.29) is 5.92 Å². The van der Waals surface area contributed by atoms with Crippen molar-refractivity contribution in [2.75, 3.05) is 0 Å². The van der Waals surface area contributed by atoms with Crippen molar-refractivity contribution in [3.05, 3.63) is 29.0 Å². The normalized spacial score (nSPS) is 12.9. The van der Waals surface area contributed by atoms with E-state index in [1.54, 1.807) is 6.07 Å². The van der Waals surface area contributed by atoms with E-state index in [4.69, 9.17) is 17.0 Å². The minimum Gasteiger partial charge on any atom is -0.303 e. The molecule has 3 heteroatoms. The molecule has 1 N–H and O–H groups in total. The molecule has 2 nitrogen and oxygen atoms in total. The van der Waals surface area contributed by atoms with Gasteiger partial charge in [-0.25, -0.2) is 4.98 Å². The molecule has 0 amide bonds. The topological polar surface area (TPSA) is 36.7 Å². The van der Waals surface area contributed by atoms with E-state index in [0.717, 1.165) is 0 Å². The van der Waals surface area contributed by atoms with Crippen LogP contribution in [0.4, 0.5) is 0 Å². The first-order chi connectivity index (χ1) is 6.52. The standard InChI is InChI=1S/C11H15ClN2/c1-7(2)8(3)11(13)9-5-4-6-10(12)14-9/h4-8,13H,1-3H3. The second kappa shape index (κ2) is 4.56. The molecule has 1 rings (SSSR count). The van der Waals surface area contributed by atoms with Crippen molar-refractivity contribution < 1.29 is 0 Å². The fourth-order valence-electron chi connectivity index (χ4n) is 1.12. The zero-order valence-electron chi connectivity index (χ0n) is 8.71. The fourth-order valence-corrected chi connectivity index (χ4v) is 1.29. The van der Waals surface area contributed by atoms with Gasteiger partial charge < -0.3 is 5.41 Å². The van der Waals surface area contributed by atoms with Crippen molar-refractivity contribution in [2.45, 2.75) is 20.8 Å². The van der Waals surface area contributed by atoms with E-state index in [0.29, 0.717) is 22.5 Å². The molecule has 0 spiro atoms. The average Bonchev–Trinajstić information content (AvgIpc) is 2.15. The van der Waals surface area contributed by atoms with E-state index >= 15 is 0 Å². The molecule has 1 unspecified atom stereocenters. The highest BCUT2D eigenvalue weighted by Gasteiger charge is 2.15. The summed E-state index contributed by atoms with van der Waals surface area (Å²) < 4.78 is 0. The number of hydrogen-bond donors (Lipinski definition) is 1. The highest BCUT2D eigenvalue weighted by molar-refractivity contribution is 6.29. The van der Waals surface area contributed by atoms with E-state index < -0.39 is 0 Å². The van der Waals surface area contributed by atoms with Gasteiger partial charge in [-0.1, -0.05) is 38.4 Å². The third-order valence-electron chi connectivity index (χ3n) is 2.45. The van der Waals surface area contributed by atoms with Gasteiger partial charge in [-0.15, -0.1) is 0 Å². The Bertz CT molecular complexity index is 334. The van der Waals surface area contributed by atoms with Crippen molar-refractivity contribution >= 4 is 17.3 Å². The summed E-state index contributed by atoms with van der Waals surface area (Å²) in [6.07, 6.45) is 0. The van der Waals surface area contributed by atoms with Gasteiger partial charge in [0.15, 0.2) is 0 Å². The lowest BCUT2D eigenvalue weighted by molar-refractivity contribution is 0.530. The predicted octanol–water partition coefficient (Wildman–Crippen LogP) is 3.39. The first kappa shape index (κ1) is 11.2. The second-order valence-electron chi connectivity index (χ2n) is 3.79. The lowest BCUT2D eigenvalue weighted by atomic mass is 9.91. The van der Waals surface area contributed by atoms with Gasteiger partial charge in [0.2, 0.25) is 0 Å². The van der Waals surface area contributed by atoms with Crippen LogP contribution in [-0.2, 0) is 0 Å². The molecule has 1 aromatic heterocycles. The van der Waals surface area contributed by atoms with Gasteiger partial charge in [0.25, 0.3) is 0 Å². The highest BCUT2D eigenvalue weighted by atomic mass is 35.5. The first-order valence-corrected chi connectivity index (χ1v) is 5.11. The van der Waals surface area contributed by atoms with Crippen molar-refractivity contribution in [1.82, 2.24) is 4.98 Å². The van der Waals surface area contributed by atoms with Gasteiger partial charge in [0, 0.05) is 5.92 Å². The van der Waals surface area contributed by atoms with Gasteiger partial charge in [0.05, 0.1) is 11.4 Å². The maximum Gasteiger partial charge on any atom is 0.129 e. The summed E-state index contributed by atoms with van der Waals surface area (Å²) in [4.78, 5) is 4.12. The largest absolute Gasteiger partial charge is 0.303 e. The van der Waals surface area contributed by atoms with Gasteiger partial charge in [-0.3, -0.25) is 0 Å². The maximum absolute atomic E-state index is 7.94. The quantitative estimate of drug-likeness (QED) is 0.603. The van der Waals surface area contributed by atoms with E-state index in [9.17, 15) is 0 Å². The smallest absolute Gasteiger partial charge is 0.129 e. The van der Waals surface area contributed by atoms with E-state index in [1.165, 1.54) is 0 Å². The van der Waals surface area contributed by atoms with Crippen molar-refractivity contribution in [3.8, 4) is 0 Å². The fraction of sp³-hybridized carbons (Fsp3) is 0.455. The zero-order valence-corrected chi connectivity index (χ0v) is 9.47. The van der Waals surface area contributed by atoms with Crippen LogP contribution >= 0.6 is 11.6 Å². The van der Waals surface area contributed by atoms with Crippen molar-refractivity contribution in [3.63, 3.8) is 0 Å². The highest BCUT2D eigenvalue weighted by Crippen LogP contribution is 2.16. The zero-order chi connectivity index (χ0) is 10.7. The summed E-state index contributed by atoms with van der Waals surface area (Å²) in [7, 11) is 0. The Morgan fingerprint density at radius 3 is 2.50 bits per heavy atom. The molecule has 0 aliphatic rings. The minimum atomic E-state index is 0.209. The third kappa shape index (κ3) is 2.55. The molecule has 0 aliphatic carbocycles. The van der Waals surface area contributed by atoms with Crippen LogP contribution in [0.1, 0.15) is 26.5 Å². The molecule has 0 radical (unpaired) electrons. The molecular weight excluding hydrogens is 196 g/mol. The molecule has 76 valence electrons. The van der Waals surface area contributed by atoms with E-state index in [1.807, 2.05) is 19.1 Å². The first-order valence-electron chi connectivity index (χ1n) is 4.73. The second-order valence-corrected chi connectivity index (χ2v) is 4.18. The van der Waals surface area contributed by atoms with Crippen LogP contribution in [0.15, 0.2) is 18.2 Å². The molecule has 0 saturated carbocycles. The van der Waals surface area contributed by atoms with Crippen LogP contribution < -0.4 is 0 Å². The SMILES string of the molecule is CC(C)C(C)C(=N)c1cccc(Cl)n1. The molecule has 0 aliphatic heterocycles. The Kier molecular flexibility index (Phi) is 3.64. The Morgan fingerprint density at radius 2 is 2.00 bits per heavy atom. The van der Waals surface area contributed by atoms with Crippen molar-refractivity contribution in [1.29, 1.82) is 5.41 Å². The Morgan fingerprint density at radius 1 is 1.36 bits per heavy atom. The van der Waals surface area contributed by atoms with Crippen LogP contribution in [0.2, 0.25) is 5.15 Å². The minimum absolute atomic E-state index is 0.209. The summed E-state index contributed by atoms with van der Waals surface area (Å²) in [5.74, 6) is 0.657. The third-order valence-corrected chi connectivity index (χ3v) is 2.66.